The Labute approximate surface area is 250 Å². The second-order valence-corrected chi connectivity index (χ2v) is 10.2. The summed E-state index contributed by atoms with van der Waals surface area (Å²) < 4.78 is 74.1. The maximum absolute atomic E-state index is 14.9. The van der Waals surface area contributed by atoms with Gasteiger partial charge in [-0.05, 0) is 56.5 Å². The molecule has 0 saturated heterocycles. The topological polar surface area (TPSA) is 106 Å². The van der Waals surface area contributed by atoms with Crippen LogP contribution < -0.4 is 10.6 Å². The molecule has 2 N–H and O–H groups in total. The molecule has 13 heteroatoms. The first-order valence-corrected chi connectivity index (χ1v) is 13.6. The molecule has 2 heterocycles. The van der Waals surface area contributed by atoms with Crippen molar-refractivity contribution in [2.75, 3.05) is 12.4 Å². The number of hydrogen-bond acceptors (Lipinski definition) is 7. The van der Waals surface area contributed by atoms with Crippen LogP contribution in [0.3, 0.4) is 0 Å². The average molecular weight is 616 g/mol. The highest BCUT2D eigenvalue weighted by Gasteiger charge is 2.38. The van der Waals surface area contributed by atoms with Crippen LogP contribution in [0.1, 0.15) is 46.3 Å². The Morgan fingerprint density at radius 3 is 2.32 bits per heavy atom. The van der Waals surface area contributed by atoms with Crippen molar-refractivity contribution >= 4 is 28.5 Å². The van der Waals surface area contributed by atoms with Gasteiger partial charge in [0.05, 0.1) is 18.3 Å². The smallest absolute Gasteiger partial charge is 0.408 e. The lowest BCUT2D eigenvalue weighted by Gasteiger charge is -2.22. The summed E-state index contributed by atoms with van der Waals surface area (Å²) in [6.45, 7) is 6.82. The largest absolute Gasteiger partial charge is 0.467 e. The first-order valence-electron chi connectivity index (χ1n) is 13.6. The van der Waals surface area contributed by atoms with Gasteiger partial charge in [0.1, 0.15) is 35.1 Å². The molecule has 4 aromatic rings. The molecule has 2 aromatic carbocycles. The number of pyridine rings is 1. The van der Waals surface area contributed by atoms with Crippen LogP contribution in [0.2, 0.25) is 0 Å². The summed E-state index contributed by atoms with van der Waals surface area (Å²) in [6.07, 6.45) is -3.57. The summed E-state index contributed by atoms with van der Waals surface area (Å²) in [5, 5.41) is 4.99. The number of benzene rings is 2. The van der Waals surface area contributed by atoms with Gasteiger partial charge in [0, 0.05) is 34.9 Å². The summed E-state index contributed by atoms with van der Waals surface area (Å²) in [5.74, 6) is -4.40. The normalized spacial score (nSPS) is 13.0. The molecule has 2 atom stereocenters. The van der Waals surface area contributed by atoms with Crippen LogP contribution in [0.5, 0.6) is 0 Å². The zero-order chi connectivity index (χ0) is 32.3. The lowest BCUT2D eigenvalue weighted by molar-refractivity contribution is -0.143. The summed E-state index contributed by atoms with van der Waals surface area (Å²) in [5.41, 5.74) is 2.68. The third-order valence-electron chi connectivity index (χ3n) is 7.24. The number of fused-ring (bicyclic) bond motifs is 1. The third-order valence-corrected chi connectivity index (χ3v) is 7.24. The number of methoxy groups -OCH3 is 1. The number of anilines is 1. The number of aryl methyl sites for hydroxylation is 2. The second kappa shape index (κ2) is 12.9. The van der Waals surface area contributed by atoms with Crippen molar-refractivity contribution in [1.82, 2.24) is 20.3 Å². The number of aromatic nitrogens is 3. The van der Waals surface area contributed by atoms with Crippen molar-refractivity contribution in [3.8, 4) is 11.3 Å². The van der Waals surface area contributed by atoms with E-state index < -0.39 is 53.0 Å². The van der Waals surface area contributed by atoms with Crippen molar-refractivity contribution in [3.05, 3.63) is 82.4 Å². The van der Waals surface area contributed by atoms with E-state index in [0.29, 0.717) is 40.1 Å². The number of amides is 1. The molecule has 0 spiro atoms. The van der Waals surface area contributed by atoms with Crippen molar-refractivity contribution in [2.45, 2.75) is 58.8 Å². The van der Waals surface area contributed by atoms with Crippen molar-refractivity contribution in [2.24, 2.45) is 0 Å². The number of halogens is 5. The minimum atomic E-state index is -4.66. The Morgan fingerprint density at radius 2 is 1.70 bits per heavy atom. The highest BCUT2D eigenvalue weighted by molar-refractivity contribution is 5.99. The number of esters is 1. The summed E-state index contributed by atoms with van der Waals surface area (Å²) in [7, 11) is 1.10. The number of nitrogens with zero attached hydrogens (tertiary/aromatic N) is 3. The molecule has 44 heavy (non-hydrogen) atoms. The highest BCUT2D eigenvalue weighted by Crippen LogP contribution is 2.32. The Balaban J connectivity index is 1.66. The van der Waals surface area contributed by atoms with E-state index in [1.54, 1.807) is 37.4 Å². The number of alkyl halides is 3. The highest BCUT2D eigenvalue weighted by atomic mass is 19.4. The standard InChI is InChI=1S/C31H30F5N5O3/c1-6-25(31(34,35)36)40-19-13-22(32)26(23(33)14-19)29(42)41-24(30(43)44-5)12-18-9-10-21(28-20(18)8-7-11-37-28)27-15(2)16(3)38-17(4)39-27/h7-11,13-14,24-25,40H,6,12H2,1-5H3,(H,41,42)/t24-,25+/m0/s1. The maximum Gasteiger partial charge on any atom is 0.408 e. The van der Waals surface area contributed by atoms with Gasteiger partial charge in [0.2, 0.25) is 0 Å². The molecule has 0 saturated carbocycles. The van der Waals surface area contributed by atoms with E-state index in [4.69, 9.17) is 4.74 Å². The first kappa shape index (κ1) is 32.2. The van der Waals surface area contributed by atoms with Gasteiger partial charge in [-0.2, -0.15) is 13.2 Å². The second-order valence-electron chi connectivity index (χ2n) is 10.2. The first-order chi connectivity index (χ1) is 20.7. The SMILES string of the molecule is CC[C@@H](Nc1cc(F)c(C(=O)N[C@@H](Cc2ccc(-c3nc(C)nc(C)c3C)c3ncccc23)C(=O)OC)c(F)c1)C(F)(F)F. The lowest BCUT2D eigenvalue weighted by atomic mass is 9.95. The number of carbonyl (C=O) groups is 2. The van der Waals surface area contributed by atoms with Crippen molar-refractivity contribution in [1.29, 1.82) is 0 Å². The minimum absolute atomic E-state index is 0.131. The molecular formula is C31H30F5N5O3. The van der Waals surface area contributed by atoms with Gasteiger partial charge in [-0.25, -0.2) is 23.5 Å². The molecular weight excluding hydrogens is 585 g/mol. The zero-order valence-electron chi connectivity index (χ0n) is 24.6. The van der Waals surface area contributed by atoms with Gasteiger partial charge < -0.3 is 15.4 Å². The lowest BCUT2D eigenvalue weighted by Crippen LogP contribution is -2.43. The summed E-state index contributed by atoms with van der Waals surface area (Å²) in [6, 6.07) is 4.76. The molecule has 232 valence electrons. The zero-order valence-corrected chi connectivity index (χ0v) is 24.6. The Morgan fingerprint density at radius 1 is 1.02 bits per heavy atom. The average Bonchev–Trinajstić information content (AvgIpc) is 2.96. The molecule has 8 nitrogen and oxygen atoms in total. The monoisotopic (exact) mass is 615 g/mol. The van der Waals surface area contributed by atoms with Crippen LogP contribution in [-0.4, -0.2) is 52.2 Å². The minimum Gasteiger partial charge on any atom is -0.467 e. The van der Waals surface area contributed by atoms with Crippen LogP contribution >= 0.6 is 0 Å². The number of hydrogen-bond donors (Lipinski definition) is 2. The van der Waals surface area contributed by atoms with Gasteiger partial charge in [-0.3, -0.25) is 9.78 Å². The van der Waals surface area contributed by atoms with Crippen molar-refractivity contribution in [3.63, 3.8) is 0 Å². The predicted molar refractivity (Wildman–Crippen MR) is 154 cm³/mol. The van der Waals surface area contributed by atoms with Gasteiger partial charge in [-0.1, -0.05) is 25.1 Å². The molecule has 0 bridgehead atoms. The number of nitrogens with one attached hydrogen (secondary N) is 2. The Kier molecular flexibility index (Phi) is 9.45. The molecule has 0 radical (unpaired) electrons. The molecule has 4 rings (SSSR count). The van der Waals surface area contributed by atoms with Gasteiger partial charge in [0.25, 0.3) is 5.91 Å². The van der Waals surface area contributed by atoms with E-state index >= 15 is 0 Å². The fourth-order valence-corrected chi connectivity index (χ4v) is 4.91. The maximum atomic E-state index is 14.9. The van der Waals surface area contributed by atoms with Crippen molar-refractivity contribution < 1.29 is 36.3 Å². The molecule has 0 unspecified atom stereocenters. The van der Waals surface area contributed by atoms with E-state index in [9.17, 15) is 31.5 Å². The van der Waals surface area contributed by atoms with Gasteiger partial charge in [-0.15, -0.1) is 0 Å². The van der Waals surface area contributed by atoms with Gasteiger partial charge >= 0.3 is 12.1 Å². The molecule has 0 aliphatic rings. The molecule has 0 aliphatic carbocycles. The molecule has 2 aromatic heterocycles. The van der Waals surface area contributed by atoms with E-state index in [-0.39, 0.29) is 12.8 Å². The number of carbonyl (C=O) groups excluding carboxylic acids is 2. The van der Waals surface area contributed by atoms with Gasteiger partial charge in [0.15, 0.2) is 0 Å². The van der Waals surface area contributed by atoms with Crippen LogP contribution in [0.25, 0.3) is 22.2 Å². The molecule has 0 fully saturated rings. The third kappa shape index (κ3) is 6.76. The predicted octanol–water partition coefficient (Wildman–Crippen LogP) is 6.16. The van der Waals surface area contributed by atoms with E-state index in [0.717, 1.165) is 23.9 Å². The fraction of sp³-hybridized carbons (Fsp3) is 0.323. The number of ether oxygens (including phenoxy) is 1. The molecule has 1 amide bonds. The quantitative estimate of drug-likeness (QED) is 0.172. The summed E-state index contributed by atoms with van der Waals surface area (Å²) >= 11 is 0. The summed E-state index contributed by atoms with van der Waals surface area (Å²) in [4.78, 5) is 39.3. The van der Waals surface area contributed by atoms with Crippen LogP contribution in [-0.2, 0) is 16.0 Å². The number of rotatable bonds is 9. The van der Waals surface area contributed by atoms with Crippen LogP contribution in [0.4, 0.5) is 27.6 Å². The van der Waals surface area contributed by atoms with Crippen LogP contribution in [0.15, 0.2) is 42.6 Å². The fourth-order valence-electron chi connectivity index (χ4n) is 4.91. The molecule has 0 aliphatic heterocycles. The van der Waals surface area contributed by atoms with E-state index in [2.05, 4.69) is 20.3 Å². The van der Waals surface area contributed by atoms with E-state index in [1.807, 2.05) is 19.2 Å². The van der Waals surface area contributed by atoms with Crippen LogP contribution in [0, 0.1) is 32.4 Å². The Hall–Kier alpha value is -4.68. The Bertz CT molecular complexity index is 1700. The van der Waals surface area contributed by atoms with E-state index in [1.165, 1.54) is 6.92 Å².